The highest BCUT2D eigenvalue weighted by Crippen LogP contribution is 2.34. The fourth-order valence-corrected chi connectivity index (χ4v) is 1.09. The summed E-state index contributed by atoms with van der Waals surface area (Å²) in [5, 5.41) is 0. The van der Waals surface area contributed by atoms with Gasteiger partial charge in [-0.25, -0.2) is 0 Å². The second-order valence-corrected chi connectivity index (χ2v) is 3.52. The molecule has 0 bridgehead atoms. The molecule has 0 amide bonds. The molecule has 0 saturated carbocycles. The van der Waals surface area contributed by atoms with Gasteiger partial charge >= 0.3 is 7.60 Å². The van der Waals surface area contributed by atoms with Crippen LogP contribution in [-0.4, -0.2) is 15.9 Å². The molecule has 2 N–H and O–H groups in total. The lowest BCUT2D eigenvalue weighted by Gasteiger charge is -1.98. The summed E-state index contributed by atoms with van der Waals surface area (Å²) in [7, 11) is -3.68. The maximum Gasteiger partial charge on any atom is 0.325 e. The number of rotatable bonds is 3. The largest absolute Gasteiger partial charge is 0.325 e. The van der Waals surface area contributed by atoms with E-state index in [2.05, 4.69) is 0 Å². The molecule has 0 fully saturated rings. The quantitative estimate of drug-likeness (QED) is 0.632. The monoisotopic (exact) mass is 174 g/mol. The van der Waals surface area contributed by atoms with Gasteiger partial charge < -0.3 is 9.79 Å². The Labute approximate surface area is 71.0 Å². The number of hydrogen-bond acceptors (Lipinski definition) is 1. The summed E-state index contributed by atoms with van der Waals surface area (Å²) in [6, 6.07) is 0. The Bertz CT molecular complexity index is 97.9. The van der Waals surface area contributed by atoms with Crippen molar-refractivity contribution in [2.75, 3.05) is 6.16 Å². The van der Waals surface area contributed by atoms with Crippen LogP contribution in [0, 0.1) is 22.3 Å². The van der Waals surface area contributed by atoms with E-state index in [-0.39, 0.29) is 28.4 Å². The summed E-state index contributed by atoms with van der Waals surface area (Å²) in [6.45, 7) is 1.90. The SMILES string of the molecule is CCCCP(=O)(O)O.[C].[C].[C]. The maximum absolute atomic E-state index is 10.1. The lowest BCUT2D eigenvalue weighted by Crippen LogP contribution is -1.84. The molecule has 62 valence electrons. The lowest BCUT2D eigenvalue weighted by atomic mass is 10.4. The fraction of sp³-hybridized carbons (Fsp3) is 0.571. The van der Waals surface area contributed by atoms with Crippen LogP contribution in [0.1, 0.15) is 19.8 Å². The minimum Gasteiger partial charge on any atom is -0.324 e. The van der Waals surface area contributed by atoms with Crippen LogP contribution in [0.5, 0.6) is 0 Å². The van der Waals surface area contributed by atoms with E-state index in [4.69, 9.17) is 9.79 Å². The smallest absolute Gasteiger partial charge is 0.324 e. The van der Waals surface area contributed by atoms with Crippen LogP contribution in [0.4, 0.5) is 0 Å². The molecule has 0 spiro atoms. The molecule has 0 aliphatic carbocycles. The van der Waals surface area contributed by atoms with Gasteiger partial charge in [0.2, 0.25) is 0 Å². The molecular formula is C7H11O3P. The standard InChI is InChI=1S/C4H11O3P.3C/c1-2-3-4-8(5,6)7;;;/h2-4H2,1H3,(H2,5,6,7);;;. The van der Waals surface area contributed by atoms with Crippen molar-refractivity contribution in [2.24, 2.45) is 0 Å². The van der Waals surface area contributed by atoms with Gasteiger partial charge in [0.25, 0.3) is 0 Å². The van der Waals surface area contributed by atoms with Crippen LogP contribution < -0.4 is 0 Å². The second kappa shape index (κ2) is 10.2. The molecule has 0 heterocycles. The Hall–Kier alpha value is 0.150. The van der Waals surface area contributed by atoms with Crippen LogP contribution in [0.2, 0.25) is 0 Å². The molecule has 0 aromatic heterocycles. The summed E-state index contributed by atoms with van der Waals surface area (Å²) < 4.78 is 10.1. The number of unbranched alkanes of at least 4 members (excludes halogenated alkanes) is 1. The molecule has 12 radical (unpaired) electrons. The molecule has 0 atom stereocenters. The molecule has 0 aromatic rings. The van der Waals surface area contributed by atoms with Gasteiger partial charge in [-0.3, -0.25) is 4.57 Å². The molecular weight excluding hydrogens is 163 g/mol. The average Bonchev–Trinajstić information content (AvgIpc) is 1.59. The Morgan fingerprint density at radius 3 is 1.64 bits per heavy atom. The molecule has 0 unspecified atom stereocenters. The molecule has 0 aliphatic rings. The van der Waals surface area contributed by atoms with Crippen molar-refractivity contribution in [3.05, 3.63) is 22.3 Å². The first-order chi connectivity index (χ1) is 3.56. The van der Waals surface area contributed by atoms with Crippen molar-refractivity contribution >= 4 is 7.60 Å². The van der Waals surface area contributed by atoms with Gasteiger partial charge in [0.1, 0.15) is 0 Å². The first kappa shape index (κ1) is 22.5. The summed E-state index contributed by atoms with van der Waals surface area (Å²) in [4.78, 5) is 16.5. The Morgan fingerprint density at radius 2 is 1.55 bits per heavy atom. The van der Waals surface area contributed by atoms with E-state index in [0.717, 1.165) is 6.42 Å². The molecule has 4 heteroatoms. The molecule has 0 aromatic carbocycles. The van der Waals surface area contributed by atoms with Crippen LogP contribution in [-0.2, 0) is 4.57 Å². The zero-order valence-corrected chi connectivity index (χ0v) is 7.27. The third kappa shape index (κ3) is 25.4. The Kier molecular flexibility index (Phi) is 20.7. The topological polar surface area (TPSA) is 57.5 Å². The maximum atomic E-state index is 10.1. The molecule has 0 saturated heterocycles. The van der Waals surface area contributed by atoms with Crippen molar-refractivity contribution in [3.8, 4) is 0 Å². The van der Waals surface area contributed by atoms with Crippen LogP contribution in [0.15, 0.2) is 0 Å². The minimum atomic E-state index is -3.68. The van der Waals surface area contributed by atoms with Gasteiger partial charge in [-0.2, -0.15) is 0 Å². The summed E-state index contributed by atoms with van der Waals surface area (Å²) >= 11 is 0. The van der Waals surface area contributed by atoms with Gasteiger partial charge in [-0.1, -0.05) is 13.3 Å². The first-order valence-electron chi connectivity index (χ1n) is 2.61. The average molecular weight is 174 g/mol. The predicted octanol–water partition coefficient (Wildman–Crippen LogP) is 1.21. The normalized spacial score (nSPS) is 8.64. The van der Waals surface area contributed by atoms with Gasteiger partial charge in [0.15, 0.2) is 0 Å². The van der Waals surface area contributed by atoms with Gasteiger partial charge in [-0.05, 0) is 6.42 Å². The van der Waals surface area contributed by atoms with E-state index in [1.807, 2.05) is 6.92 Å². The van der Waals surface area contributed by atoms with Gasteiger partial charge in [0, 0.05) is 28.4 Å². The highest BCUT2D eigenvalue weighted by Gasteiger charge is 2.09. The molecule has 0 aliphatic heterocycles. The van der Waals surface area contributed by atoms with Crippen LogP contribution >= 0.6 is 7.60 Å². The highest BCUT2D eigenvalue weighted by molar-refractivity contribution is 7.51. The van der Waals surface area contributed by atoms with Crippen molar-refractivity contribution in [1.29, 1.82) is 0 Å². The third-order valence-electron chi connectivity index (χ3n) is 0.803. The van der Waals surface area contributed by atoms with E-state index in [1.165, 1.54) is 0 Å². The van der Waals surface area contributed by atoms with Crippen molar-refractivity contribution in [2.45, 2.75) is 19.8 Å². The van der Waals surface area contributed by atoms with Crippen molar-refractivity contribution in [1.82, 2.24) is 0 Å². The highest BCUT2D eigenvalue weighted by atomic mass is 31.2. The fourth-order valence-electron chi connectivity index (χ4n) is 0.364. The van der Waals surface area contributed by atoms with E-state index in [1.54, 1.807) is 0 Å². The first-order valence-corrected chi connectivity index (χ1v) is 4.40. The van der Waals surface area contributed by atoms with Crippen molar-refractivity contribution < 1.29 is 14.4 Å². The van der Waals surface area contributed by atoms with Crippen molar-refractivity contribution in [3.63, 3.8) is 0 Å². The van der Waals surface area contributed by atoms with E-state index < -0.39 is 7.60 Å². The predicted molar refractivity (Wildman–Crippen MR) is 41.5 cm³/mol. The summed E-state index contributed by atoms with van der Waals surface area (Å²) in [5.41, 5.74) is 0. The second-order valence-electron chi connectivity index (χ2n) is 1.74. The lowest BCUT2D eigenvalue weighted by molar-refractivity contribution is 0.371. The number of hydrogen-bond donors (Lipinski definition) is 2. The molecule has 3 nitrogen and oxygen atoms in total. The minimum absolute atomic E-state index is 0. The van der Waals surface area contributed by atoms with Crippen LogP contribution in [0.3, 0.4) is 0 Å². The Balaban J connectivity index is -0.0000000817. The van der Waals surface area contributed by atoms with E-state index in [9.17, 15) is 4.57 Å². The van der Waals surface area contributed by atoms with E-state index in [0.29, 0.717) is 6.42 Å². The van der Waals surface area contributed by atoms with Gasteiger partial charge in [-0.15, -0.1) is 0 Å². The molecule has 11 heavy (non-hydrogen) atoms. The summed E-state index contributed by atoms with van der Waals surface area (Å²) in [6.07, 6.45) is 1.49. The molecule has 0 rings (SSSR count). The van der Waals surface area contributed by atoms with E-state index >= 15 is 0 Å². The van der Waals surface area contributed by atoms with Gasteiger partial charge in [0.05, 0.1) is 0 Å². The third-order valence-corrected chi connectivity index (χ3v) is 1.70. The van der Waals surface area contributed by atoms with Crippen LogP contribution in [0.25, 0.3) is 0 Å². The zero-order chi connectivity index (χ0) is 6.62. The summed E-state index contributed by atoms with van der Waals surface area (Å²) in [5.74, 6) is 0. The Morgan fingerprint density at radius 1 is 1.18 bits per heavy atom. The zero-order valence-electron chi connectivity index (χ0n) is 6.37.